The van der Waals surface area contributed by atoms with Crippen LogP contribution in [0.4, 0.5) is 24.7 Å². The molecule has 3 aromatic rings. The molecule has 0 bridgehead atoms. The van der Waals surface area contributed by atoms with E-state index in [4.69, 9.17) is 11.6 Å². The third kappa shape index (κ3) is 3.98. The monoisotopic (exact) mass is 440 g/mol. The van der Waals surface area contributed by atoms with Gasteiger partial charge in [0.2, 0.25) is 0 Å². The van der Waals surface area contributed by atoms with Crippen LogP contribution in [0.5, 0.6) is 0 Å². The van der Waals surface area contributed by atoms with Crippen molar-refractivity contribution in [3.05, 3.63) is 30.0 Å². The van der Waals surface area contributed by atoms with E-state index >= 15 is 0 Å². The van der Waals surface area contributed by atoms with Crippen molar-refractivity contribution in [3.63, 3.8) is 0 Å². The van der Waals surface area contributed by atoms with Crippen LogP contribution >= 0.6 is 0 Å². The van der Waals surface area contributed by atoms with Gasteiger partial charge in [-0.2, -0.15) is 13.2 Å². The van der Waals surface area contributed by atoms with Crippen LogP contribution in [0, 0.1) is 0 Å². The van der Waals surface area contributed by atoms with Gasteiger partial charge in [-0.1, -0.05) is 6.92 Å². The minimum Gasteiger partial charge on any atom is -0.396 e. The van der Waals surface area contributed by atoms with Gasteiger partial charge < -0.3 is 10.3 Å². The second kappa shape index (κ2) is 7.99. The Morgan fingerprint density at radius 1 is 1.23 bits per heavy atom. The van der Waals surface area contributed by atoms with Gasteiger partial charge in [0.1, 0.15) is 11.4 Å². The van der Waals surface area contributed by atoms with Crippen molar-refractivity contribution >= 4 is 22.3 Å². The molecule has 0 radical (unpaired) electrons. The molecule has 0 aliphatic carbocycles. The summed E-state index contributed by atoms with van der Waals surface area (Å²) in [4.78, 5) is 8.69. The number of nitrogen functional groups attached to an aromatic ring is 1. The van der Waals surface area contributed by atoms with Crippen LogP contribution in [-0.2, 0) is 24.0 Å². The lowest BCUT2D eigenvalue weighted by Gasteiger charge is -2.17. The number of hydrogen-bond acceptors (Lipinski definition) is 8. The molecule has 0 fully saturated rings. The van der Waals surface area contributed by atoms with Gasteiger partial charge in [-0.15, -0.1) is 10.2 Å². The SMILES string of the molecule is CCS(=O)c1cc(N)c(N(C)N)nc1-c1nnc(-c2cc(C(F)(F)F)ccn2)n1C. The highest BCUT2D eigenvalue weighted by atomic mass is 32.2. The number of anilines is 2. The Morgan fingerprint density at radius 2 is 1.90 bits per heavy atom. The van der Waals surface area contributed by atoms with Crippen LogP contribution in [0.1, 0.15) is 12.5 Å². The number of aromatic nitrogens is 5. The van der Waals surface area contributed by atoms with Gasteiger partial charge in [-0.3, -0.25) is 14.2 Å². The lowest BCUT2D eigenvalue weighted by molar-refractivity contribution is -0.137. The third-order valence-electron chi connectivity index (χ3n) is 4.24. The van der Waals surface area contributed by atoms with E-state index in [1.165, 1.54) is 22.7 Å². The maximum absolute atomic E-state index is 13.1. The number of hydrazine groups is 1. The molecule has 0 aromatic carbocycles. The maximum Gasteiger partial charge on any atom is 0.416 e. The van der Waals surface area contributed by atoms with Crippen LogP contribution in [0.3, 0.4) is 0 Å². The predicted molar refractivity (Wildman–Crippen MR) is 106 cm³/mol. The summed E-state index contributed by atoms with van der Waals surface area (Å²) in [6.07, 6.45) is -3.48. The maximum atomic E-state index is 13.1. The van der Waals surface area contributed by atoms with E-state index in [2.05, 4.69) is 20.2 Å². The van der Waals surface area contributed by atoms with Crippen LogP contribution < -0.4 is 16.6 Å². The smallest absolute Gasteiger partial charge is 0.396 e. The third-order valence-corrected chi connectivity index (χ3v) is 5.57. The van der Waals surface area contributed by atoms with Crippen LogP contribution in [0.25, 0.3) is 23.0 Å². The van der Waals surface area contributed by atoms with Gasteiger partial charge in [0.15, 0.2) is 17.5 Å². The molecule has 9 nitrogen and oxygen atoms in total. The van der Waals surface area contributed by atoms with E-state index in [9.17, 15) is 17.4 Å². The van der Waals surface area contributed by atoms with E-state index in [1.54, 1.807) is 14.0 Å². The van der Waals surface area contributed by atoms with E-state index in [0.717, 1.165) is 18.3 Å². The molecule has 0 aliphatic heterocycles. The van der Waals surface area contributed by atoms with Crippen molar-refractivity contribution in [2.75, 3.05) is 23.5 Å². The Kier molecular flexibility index (Phi) is 5.76. The largest absolute Gasteiger partial charge is 0.416 e. The van der Waals surface area contributed by atoms with Gasteiger partial charge in [-0.05, 0) is 18.2 Å². The second-order valence-electron chi connectivity index (χ2n) is 6.33. The number of rotatable bonds is 5. The molecule has 30 heavy (non-hydrogen) atoms. The average molecular weight is 440 g/mol. The van der Waals surface area contributed by atoms with Gasteiger partial charge in [-0.25, -0.2) is 10.8 Å². The summed E-state index contributed by atoms with van der Waals surface area (Å²) in [6, 6.07) is 3.25. The summed E-state index contributed by atoms with van der Waals surface area (Å²) in [5, 5.41) is 9.23. The highest BCUT2D eigenvalue weighted by molar-refractivity contribution is 7.85. The summed E-state index contributed by atoms with van der Waals surface area (Å²) < 4.78 is 53.1. The molecule has 0 aliphatic rings. The van der Waals surface area contributed by atoms with Crippen molar-refractivity contribution < 1.29 is 17.4 Å². The predicted octanol–water partition coefficient (Wildman–Crippen LogP) is 1.98. The Morgan fingerprint density at radius 3 is 2.50 bits per heavy atom. The zero-order valence-electron chi connectivity index (χ0n) is 16.3. The van der Waals surface area contributed by atoms with E-state index in [-0.39, 0.29) is 34.5 Å². The molecule has 3 rings (SSSR count). The molecule has 3 heterocycles. The van der Waals surface area contributed by atoms with E-state index < -0.39 is 22.5 Å². The molecule has 1 unspecified atom stereocenters. The fourth-order valence-electron chi connectivity index (χ4n) is 2.76. The number of pyridine rings is 2. The standard InChI is InChI=1S/C17H19F3N8OS/c1-4-30(29)12-8-10(21)14(28(3)22)24-13(12)16-26-25-15(27(16)2)11-7-9(5-6-23-11)17(18,19)20/h5-8H,4,21-22H2,1-3H3. The fourth-order valence-corrected chi connectivity index (χ4v) is 3.68. The van der Waals surface area contributed by atoms with Gasteiger partial charge in [0.25, 0.3) is 0 Å². The van der Waals surface area contributed by atoms with E-state index in [0.29, 0.717) is 10.6 Å². The Labute approximate surface area is 172 Å². The average Bonchev–Trinajstić information content (AvgIpc) is 3.07. The zero-order chi connectivity index (χ0) is 22.2. The highest BCUT2D eigenvalue weighted by Crippen LogP contribution is 2.33. The normalized spacial score (nSPS) is 12.8. The highest BCUT2D eigenvalue weighted by Gasteiger charge is 2.31. The van der Waals surface area contributed by atoms with E-state index in [1.807, 2.05) is 0 Å². The lowest BCUT2D eigenvalue weighted by atomic mass is 10.2. The molecular formula is C17H19F3N8OS. The minimum atomic E-state index is -4.52. The van der Waals surface area contributed by atoms with Crippen molar-refractivity contribution in [1.82, 2.24) is 24.7 Å². The number of hydrogen-bond donors (Lipinski definition) is 2. The summed E-state index contributed by atoms with van der Waals surface area (Å²) >= 11 is 0. The lowest BCUT2D eigenvalue weighted by Crippen LogP contribution is -2.27. The minimum absolute atomic E-state index is 0.0177. The summed E-state index contributed by atoms with van der Waals surface area (Å²) in [5.41, 5.74) is 5.54. The molecule has 0 saturated carbocycles. The molecule has 0 spiro atoms. The van der Waals surface area contributed by atoms with Gasteiger partial charge >= 0.3 is 6.18 Å². The molecule has 160 valence electrons. The summed E-state index contributed by atoms with van der Waals surface area (Å²) in [7, 11) is 1.65. The Bertz CT molecular complexity index is 1110. The molecule has 1 atom stereocenters. The van der Waals surface area contributed by atoms with Gasteiger partial charge in [0, 0.05) is 26.0 Å². The first-order valence-corrected chi connectivity index (χ1v) is 9.97. The quantitative estimate of drug-likeness (QED) is 0.455. The van der Waals surface area contributed by atoms with Crippen LogP contribution in [0.15, 0.2) is 29.3 Å². The van der Waals surface area contributed by atoms with Crippen LogP contribution in [0.2, 0.25) is 0 Å². The van der Waals surface area contributed by atoms with Gasteiger partial charge in [0.05, 0.1) is 26.9 Å². The Balaban J connectivity index is 2.19. The Hall–Kier alpha value is -3.06. The number of nitrogens with two attached hydrogens (primary N) is 2. The summed E-state index contributed by atoms with van der Waals surface area (Å²) in [6.45, 7) is 1.73. The van der Waals surface area contributed by atoms with Crippen molar-refractivity contribution in [2.45, 2.75) is 18.0 Å². The molecule has 3 aromatic heterocycles. The first-order chi connectivity index (χ1) is 14.0. The van der Waals surface area contributed by atoms with Crippen molar-refractivity contribution in [1.29, 1.82) is 0 Å². The fraction of sp³-hybridized carbons (Fsp3) is 0.294. The number of nitrogens with zero attached hydrogens (tertiary/aromatic N) is 6. The topological polar surface area (TPSA) is 129 Å². The summed E-state index contributed by atoms with van der Waals surface area (Å²) in [5.74, 6) is 6.56. The molecule has 0 amide bonds. The van der Waals surface area contributed by atoms with Crippen LogP contribution in [-0.4, -0.2) is 41.7 Å². The van der Waals surface area contributed by atoms with Crippen molar-refractivity contribution in [2.24, 2.45) is 12.9 Å². The molecular weight excluding hydrogens is 421 g/mol. The zero-order valence-corrected chi connectivity index (χ0v) is 17.1. The number of alkyl halides is 3. The molecule has 0 saturated heterocycles. The number of halogens is 3. The second-order valence-corrected chi connectivity index (χ2v) is 8.04. The molecule has 13 heteroatoms. The van der Waals surface area contributed by atoms with Crippen molar-refractivity contribution in [3.8, 4) is 23.0 Å². The first-order valence-electron chi connectivity index (χ1n) is 8.65. The first kappa shape index (κ1) is 21.6. The molecule has 4 N–H and O–H groups in total.